The lowest BCUT2D eigenvalue weighted by Gasteiger charge is -2.36. The van der Waals surface area contributed by atoms with Crippen molar-refractivity contribution in [3.8, 4) is 0 Å². The zero-order chi connectivity index (χ0) is 20.7. The van der Waals surface area contributed by atoms with Crippen LogP contribution in [0.3, 0.4) is 0 Å². The minimum atomic E-state index is -4.98. The van der Waals surface area contributed by atoms with Crippen molar-refractivity contribution >= 4 is 11.8 Å². The van der Waals surface area contributed by atoms with Crippen molar-refractivity contribution in [2.45, 2.75) is 25.2 Å². The van der Waals surface area contributed by atoms with Crippen LogP contribution in [0.2, 0.25) is 0 Å². The number of nitrogens with zero attached hydrogens (tertiary/aromatic N) is 2. The Morgan fingerprint density at radius 1 is 1.18 bits per heavy atom. The summed E-state index contributed by atoms with van der Waals surface area (Å²) >= 11 is 0. The Bertz CT molecular complexity index is 810. The number of rotatable bonds is 7. The number of carbonyl (C=O) groups excluding carboxylic acids is 2. The fourth-order valence-electron chi connectivity index (χ4n) is 2.75. The van der Waals surface area contributed by atoms with E-state index in [1.165, 1.54) is 37.5 Å². The zero-order valence-corrected chi connectivity index (χ0v) is 15.2. The van der Waals surface area contributed by atoms with Crippen LogP contribution >= 0.6 is 0 Å². The Hall–Kier alpha value is -3.16. The maximum absolute atomic E-state index is 13.9. The molecule has 1 aromatic carbocycles. The summed E-state index contributed by atoms with van der Waals surface area (Å²) < 4.78 is 41.7. The van der Waals surface area contributed by atoms with Gasteiger partial charge in [-0.15, -0.1) is 6.58 Å². The summed E-state index contributed by atoms with van der Waals surface area (Å²) in [4.78, 5) is 29.7. The summed E-state index contributed by atoms with van der Waals surface area (Å²) in [6, 6.07) is 7.17. The van der Waals surface area contributed by atoms with Gasteiger partial charge in [-0.3, -0.25) is 14.6 Å². The number of benzene rings is 1. The van der Waals surface area contributed by atoms with Gasteiger partial charge in [-0.1, -0.05) is 36.4 Å². The van der Waals surface area contributed by atoms with E-state index in [0.717, 1.165) is 0 Å². The third-order valence-corrected chi connectivity index (χ3v) is 4.12. The highest BCUT2D eigenvalue weighted by Gasteiger charge is 2.52. The average Bonchev–Trinajstić information content (AvgIpc) is 2.69. The quantitative estimate of drug-likeness (QED) is 0.735. The molecule has 1 heterocycles. The first-order valence-corrected chi connectivity index (χ1v) is 8.50. The summed E-state index contributed by atoms with van der Waals surface area (Å²) in [5, 5.41) is 2.15. The van der Waals surface area contributed by atoms with E-state index in [0.29, 0.717) is 10.5 Å². The van der Waals surface area contributed by atoms with Gasteiger partial charge in [0.25, 0.3) is 11.8 Å². The molecular formula is C20H20F3N3O2. The molecule has 28 heavy (non-hydrogen) atoms. The number of aromatic nitrogens is 1. The largest absolute Gasteiger partial charge is 0.417 e. The molecule has 0 bridgehead atoms. The van der Waals surface area contributed by atoms with Crippen LogP contribution in [-0.4, -0.2) is 40.5 Å². The number of halogens is 3. The lowest BCUT2D eigenvalue weighted by atomic mass is 10.0. The van der Waals surface area contributed by atoms with Gasteiger partial charge in [-0.25, -0.2) is 0 Å². The molecule has 1 N–H and O–H groups in total. The van der Waals surface area contributed by atoms with Gasteiger partial charge in [0.15, 0.2) is 0 Å². The van der Waals surface area contributed by atoms with Crippen LogP contribution in [-0.2, 0) is 4.79 Å². The van der Waals surface area contributed by atoms with E-state index in [-0.39, 0.29) is 12.1 Å². The molecule has 0 aliphatic carbocycles. The molecule has 2 atom stereocenters. The fourth-order valence-corrected chi connectivity index (χ4v) is 2.75. The lowest BCUT2D eigenvalue weighted by Crippen LogP contribution is -2.57. The number of nitrogens with one attached hydrogen (secondary N) is 1. The van der Waals surface area contributed by atoms with Gasteiger partial charge in [0.05, 0.1) is 6.04 Å². The van der Waals surface area contributed by atoms with Crippen molar-refractivity contribution in [1.82, 2.24) is 15.2 Å². The van der Waals surface area contributed by atoms with Gasteiger partial charge in [0, 0.05) is 24.5 Å². The minimum Gasteiger partial charge on any atom is -0.351 e. The van der Waals surface area contributed by atoms with Crippen LogP contribution < -0.4 is 5.32 Å². The molecule has 8 heteroatoms. The number of pyridine rings is 1. The van der Waals surface area contributed by atoms with E-state index in [4.69, 9.17) is 0 Å². The summed E-state index contributed by atoms with van der Waals surface area (Å²) in [6.45, 7) is 4.68. The maximum atomic E-state index is 13.9. The van der Waals surface area contributed by atoms with Gasteiger partial charge in [0.1, 0.15) is 0 Å². The predicted molar refractivity (Wildman–Crippen MR) is 98.3 cm³/mol. The first-order valence-electron chi connectivity index (χ1n) is 8.50. The molecule has 0 fully saturated rings. The molecule has 0 aliphatic rings. The molecule has 148 valence electrons. The topological polar surface area (TPSA) is 62.3 Å². The predicted octanol–water partition coefficient (Wildman–Crippen LogP) is 3.52. The summed E-state index contributed by atoms with van der Waals surface area (Å²) in [6.07, 6.45) is -1.10. The molecular weight excluding hydrogens is 371 g/mol. The van der Waals surface area contributed by atoms with Crippen molar-refractivity contribution < 1.29 is 22.8 Å². The molecule has 2 rings (SSSR count). The third-order valence-electron chi connectivity index (χ3n) is 4.12. The molecule has 0 aliphatic heterocycles. The van der Waals surface area contributed by atoms with Gasteiger partial charge >= 0.3 is 6.18 Å². The van der Waals surface area contributed by atoms with Crippen molar-refractivity contribution in [3.05, 3.63) is 78.6 Å². The smallest absolute Gasteiger partial charge is 0.351 e. The highest BCUT2D eigenvalue weighted by Crippen LogP contribution is 2.33. The van der Waals surface area contributed by atoms with Crippen molar-refractivity contribution in [2.75, 3.05) is 6.54 Å². The van der Waals surface area contributed by atoms with Gasteiger partial charge in [-0.2, -0.15) is 13.2 Å². The van der Waals surface area contributed by atoms with Crippen molar-refractivity contribution in [2.24, 2.45) is 0 Å². The van der Waals surface area contributed by atoms with Crippen LogP contribution in [0.4, 0.5) is 13.2 Å². The molecule has 0 radical (unpaired) electrons. The monoisotopic (exact) mass is 391 g/mol. The fraction of sp³-hybridized carbons (Fsp3) is 0.250. The summed E-state index contributed by atoms with van der Waals surface area (Å²) in [5.74, 6) is -2.24. The van der Waals surface area contributed by atoms with Crippen LogP contribution in [0.1, 0.15) is 28.9 Å². The van der Waals surface area contributed by atoms with E-state index < -0.39 is 30.1 Å². The number of amides is 2. The SMILES string of the molecule is C=CCNC(=O)C(N(C(=O)c1ccncc1)C(C)c1ccccc1)C(F)(F)F. The average molecular weight is 391 g/mol. The Balaban J connectivity index is 2.55. The highest BCUT2D eigenvalue weighted by molar-refractivity contribution is 5.98. The minimum absolute atomic E-state index is 0.00329. The van der Waals surface area contributed by atoms with Crippen LogP contribution in [0.15, 0.2) is 67.5 Å². The molecule has 1 aromatic heterocycles. The lowest BCUT2D eigenvalue weighted by molar-refractivity contribution is -0.187. The van der Waals surface area contributed by atoms with Gasteiger partial charge in [-0.05, 0) is 24.6 Å². The van der Waals surface area contributed by atoms with Gasteiger partial charge < -0.3 is 10.2 Å². The second-order valence-corrected chi connectivity index (χ2v) is 6.01. The van der Waals surface area contributed by atoms with E-state index in [1.54, 1.807) is 30.3 Å². The summed E-state index contributed by atoms with van der Waals surface area (Å²) in [5.41, 5.74) is 0.472. The van der Waals surface area contributed by atoms with Crippen molar-refractivity contribution in [3.63, 3.8) is 0 Å². The number of alkyl halides is 3. The molecule has 5 nitrogen and oxygen atoms in total. The normalized spacial score (nSPS) is 13.3. The van der Waals surface area contributed by atoms with Crippen LogP contribution in [0, 0.1) is 0 Å². The molecule has 0 saturated carbocycles. The molecule has 0 spiro atoms. The first kappa shape index (κ1) is 21.1. The number of hydrogen-bond acceptors (Lipinski definition) is 3. The molecule has 2 amide bonds. The zero-order valence-electron chi connectivity index (χ0n) is 15.2. The Labute approximate surface area is 160 Å². The Morgan fingerprint density at radius 2 is 1.79 bits per heavy atom. The van der Waals surface area contributed by atoms with E-state index >= 15 is 0 Å². The Morgan fingerprint density at radius 3 is 2.32 bits per heavy atom. The standard InChI is InChI=1S/C20H20F3N3O2/c1-3-11-25-18(27)17(20(21,22)23)26(14(2)15-7-5-4-6-8-15)19(28)16-9-12-24-13-10-16/h3-10,12-14,17H,1,11H2,2H3,(H,25,27). The second kappa shape index (κ2) is 9.16. The molecule has 0 saturated heterocycles. The maximum Gasteiger partial charge on any atom is 0.417 e. The molecule has 2 unspecified atom stereocenters. The second-order valence-electron chi connectivity index (χ2n) is 6.01. The van der Waals surface area contributed by atoms with E-state index in [9.17, 15) is 22.8 Å². The first-order chi connectivity index (χ1) is 13.3. The summed E-state index contributed by atoms with van der Waals surface area (Å²) in [7, 11) is 0. The van der Waals surface area contributed by atoms with Crippen LogP contribution in [0.5, 0.6) is 0 Å². The third kappa shape index (κ3) is 4.97. The Kier molecular flexibility index (Phi) is 6.92. The number of hydrogen-bond donors (Lipinski definition) is 1. The number of carbonyl (C=O) groups is 2. The van der Waals surface area contributed by atoms with Gasteiger partial charge in [0.2, 0.25) is 6.04 Å². The highest BCUT2D eigenvalue weighted by atomic mass is 19.4. The van der Waals surface area contributed by atoms with E-state index in [2.05, 4.69) is 16.9 Å². The van der Waals surface area contributed by atoms with Crippen LogP contribution in [0.25, 0.3) is 0 Å². The van der Waals surface area contributed by atoms with E-state index in [1.807, 2.05) is 0 Å². The van der Waals surface area contributed by atoms with Crippen molar-refractivity contribution in [1.29, 1.82) is 0 Å². The molecule has 2 aromatic rings.